The molecule has 0 saturated carbocycles. The van der Waals surface area contributed by atoms with E-state index in [0.717, 1.165) is 4.90 Å². The van der Waals surface area contributed by atoms with Gasteiger partial charge in [-0.2, -0.15) is 0 Å². The van der Waals surface area contributed by atoms with Crippen LogP contribution < -0.4 is 5.32 Å². The second-order valence-electron chi connectivity index (χ2n) is 12.6. The number of imidazole rings is 1. The highest BCUT2D eigenvalue weighted by molar-refractivity contribution is 6.07. The zero-order valence-electron chi connectivity index (χ0n) is 24.2. The molecule has 43 heavy (non-hydrogen) atoms. The van der Waals surface area contributed by atoms with Gasteiger partial charge < -0.3 is 39.3 Å². The van der Waals surface area contributed by atoms with Gasteiger partial charge in [0.1, 0.15) is 29.2 Å². The molecule has 2 spiro atoms. The number of nitrogens with one attached hydrogen (secondary N) is 1. The zero-order valence-corrected chi connectivity index (χ0v) is 24.2. The standard InChI is InChI=1S/C27H33N7O9/c1-14(35)31-12-27(7-18(31)21(38)39)23(41)33-11-26(6-17(33)20(37)34(27)9-15-8-28-13-30(15)3)22(40)32-10-25(2,24(42)43-4)5-16(32)19(36)29-26/h8,13,16-18H,5-7,9-12H2,1-4H3,(H,29,36)(H,38,39)/t16?,17-,18-,25+,26-,27-/m0/s1. The molecule has 5 amide bonds. The lowest BCUT2D eigenvalue weighted by Crippen LogP contribution is -2.71. The van der Waals surface area contributed by atoms with Crippen LogP contribution in [0.5, 0.6) is 0 Å². The summed E-state index contributed by atoms with van der Waals surface area (Å²) in [5.41, 5.74) is -3.89. The molecule has 5 saturated heterocycles. The minimum atomic E-state index is -1.72. The molecular weight excluding hydrogens is 566 g/mol. The van der Waals surface area contributed by atoms with Crippen molar-refractivity contribution in [2.45, 2.75) is 68.9 Å². The van der Waals surface area contributed by atoms with E-state index in [4.69, 9.17) is 4.74 Å². The Morgan fingerprint density at radius 2 is 1.74 bits per heavy atom. The summed E-state index contributed by atoms with van der Waals surface area (Å²) >= 11 is 0. The van der Waals surface area contributed by atoms with Crippen LogP contribution >= 0.6 is 0 Å². The third-order valence-electron chi connectivity index (χ3n) is 9.90. The first-order valence-electron chi connectivity index (χ1n) is 14.0. The highest BCUT2D eigenvalue weighted by Gasteiger charge is 2.69. The van der Waals surface area contributed by atoms with Crippen LogP contribution in [0.15, 0.2) is 12.5 Å². The molecule has 2 N–H and O–H groups in total. The van der Waals surface area contributed by atoms with E-state index in [1.807, 2.05) is 0 Å². The fourth-order valence-electron chi connectivity index (χ4n) is 7.65. The van der Waals surface area contributed by atoms with Gasteiger partial charge in [0.2, 0.25) is 17.7 Å². The fraction of sp³-hybridized carbons (Fsp3) is 0.630. The molecule has 16 heteroatoms. The number of rotatable bonds is 4. The second-order valence-corrected chi connectivity index (χ2v) is 12.6. The van der Waals surface area contributed by atoms with Crippen LogP contribution in [0, 0.1) is 5.41 Å². The third-order valence-corrected chi connectivity index (χ3v) is 9.90. The van der Waals surface area contributed by atoms with Crippen molar-refractivity contribution in [1.29, 1.82) is 0 Å². The van der Waals surface area contributed by atoms with Gasteiger partial charge in [-0.3, -0.25) is 28.8 Å². The molecule has 6 heterocycles. The Morgan fingerprint density at radius 1 is 1.05 bits per heavy atom. The molecule has 16 nitrogen and oxygen atoms in total. The number of carboxylic acids is 1. The summed E-state index contributed by atoms with van der Waals surface area (Å²) in [6, 6.07) is -3.39. The second kappa shape index (κ2) is 9.25. The number of carbonyl (C=O) groups excluding carboxylic acids is 6. The quantitative estimate of drug-likeness (QED) is 0.349. The van der Waals surface area contributed by atoms with Gasteiger partial charge in [0, 0.05) is 39.6 Å². The van der Waals surface area contributed by atoms with Crippen LogP contribution in [0.1, 0.15) is 38.8 Å². The molecule has 5 aliphatic rings. The molecular formula is C27H33N7O9. The number of carbonyl (C=O) groups is 7. The van der Waals surface area contributed by atoms with Gasteiger partial charge in [0.25, 0.3) is 11.8 Å². The number of fused-ring (bicyclic) bond motifs is 2. The van der Waals surface area contributed by atoms with Gasteiger partial charge in [-0.05, 0) is 13.3 Å². The van der Waals surface area contributed by atoms with Crippen molar-refractivity contribution < 1.29 is 43.4 Å². The van der Waals surface area contributed by atoms with Gasteiger partial charge in [0.15, 0.2) is 0 Å². The number of methoxy groups -OCH3 is 1. The number of hydrogen-bond acceptors (Lipinski definition) is 9. The number of nitrogens with zero attached hydrogens (tertiary/aromatic N) is 6. The molecule has 0 radical (unpaired) electrons. The number of hydrogen-bond donors (Lipinski definition) is 2. The molecule has 5 aliphatic heterocycles. The van der Waals surface area contributed by atoms with Crippen LogP contribution in [-0.4, -0.2) is 132 Å². The van der Waals surface area contributed by atoms with E-state index in [1.165, 1.54) is 41.3 Å². The van der Waals surface area contributed by atoms with Crippen LogP contribution in [0.4, 0.5) is 0 Å². The third kappa shape index (κ3) is 3.87. The maximum Gasteiger partial charge on any atom is 0.326 e. The molecule has 0 bridgehead atoms. The number of aromatic nitrogens is 2. The minimum absolute atomic E-state index is 0.0602. The Hall–Kier alpha value is -4.50. The molecule has 6 rings (SSSR count). The van der Waals surface area contributed by atoms with Crippen molar-refractivity contribution >= 4 is 41.5 Å². The van der Waals surface area contributed by atoms with E-state index < -0.39 is 76.1 Å². The molecule has 6 atom stereocenters. The number of amides is 5. The SMILES string of the molecule is COC(=O)[C@]1(C)CC2C(=O)N[C@]3(C[C@H]4C(=O)N(Cc5cncn5C)[C@]5(C[C@@H](C(=O)O)N(C(C)=O)C5)C(=O)N4C3)C(=O)N2C1. The molecule has 0 aliphatic carbocycles. The van der Waals surface area contributed by atoms with Crippen LogP contribution in [0.3, 0.4) is 0 Å². The predicted octanol–water partition coefficient (Wildman–Crippen LogP) is -2.54. The van der Waals surface area contributed by atoms with Gasteiger partial charge in [0.05, 0.1) is 44.2 Å². The Morgan fingerprint density at radius 3 is 2.33 bits per heavy atom. The summed E-state index contributed by atoms with van der Waals surface area (Å²) in [5, 5.41) is 12.7. The van der Waals surface area contributed by atoms with Crippen molar-refractivity contribution in [3.05, 3.63) is 18.2 Å². The van der Waals surface area contributed by atoms with Gasteiger partial charge in [-0.25, -0.2) is 9.78 Å². The average molecular weight is 600 g/mol. The molecule has 5 fully saturated rings. The summed E-state index contributed by atoms with van der Waals surface area (Å²) < 4.78 is 6.58. The monoisotopic (exact) mass is 599 g/mol. The van der Waals surface area contributed by atoms with Crippen LogP contribution in [0.2, 0.25) is 0 Å². The number of ether oxygens (including phenoxy) is 1. The summed E-state index contributed by atoms with van der Waals surface area (Å²) in [6.07, 6.45) is 2.58. The van der Waals surface area contributed by atoms with Gasteiger partial charge in [-0.15, -0.1) is 0 Å². The lowest BCUT2D eigenvalue weighted by Gasteiger charge is -2.48. The highest BCUT2D eigenvalue weighted by Crippen LogP contribution is 2.47. The van der Waals surface area contributed by atoms with Crippen LogP contribution in [-0.2, 0) is 51.9 Å². The van der Waals surface area contributed by atoms with E-state index in [9.17, 15) is 38.7 Å². The first kappa shape index (κ1) is 28.6. The van der Waals surface area contributed by atoms with Crippen molar-refractivity contribution in [3.8, 4) is 0 Å². The lowest BCUT2D eigenvalue weighted by atomic mass is 9.86. The number of likely N-dealkylation sites (tertiary alicyclic amines) is 1. The Kier molecular flexibility index (Phi) is 6.15. The van der Waals surface area contributed by atoms with E-state index in [2.05, 4.69) is 10.3 Å². The van der Waals surface area contributed by atoms with E-state index in [0.29, 0.717) is 5.69 Å². The zero-order chi connectivity index (χ0) is 31.2. The van der Waals surface area contributed by atoms with Crippen molar-refractivity contribution in [1.82, 2.24) is 34.5 Å². The van der Waals surface area contributed by atoms with Gasteiger partial charge >= 0.3 is 11.9 Å². The topological polar surface area (TPSA) is 192 Å². The van der Waals surface area contributed by atoms with Crippen molar-refractivity contribution in [2.75, 3.05) is 26.7 Å². The normalized spacial score (nSPS) is 35.1. The summed E-state index contributed by atoms with van der Waals surface area (Å²) in [7, 11) is 2.95. The summed E-state index contributed by atoms with van der Waals surface area (Å²) in [5.74, 6) is -4.56. The van der Waals surface area contributed by atoms with E-state index in [1.54, 1.807) is 18.5 Å². The molecule has 1 aromatic heterocycles. The number of aliphatic carboxylic acids is 1. The first-order valence-corrected chi connectivity index (χ1v) is 14.0. The molecule has 1 aromatic rings. The van der Waals surface area contributed by atoms with Crippen molar-refractivity contribution in [2.24, 2.45) is 12.5 Å². The summed E-state index contributed by atoms with van der Waals surface area (Å²) in [6.45, 7) is 2.01. The largest absolute Gasteiger partial charge is 0.480 e. The lowest BCUT2D eigenvalue weighted by molar-refractivity contribution is -0.169. The number of esters is 1. The van der Waals surface area contributed by atoms with Crippen molar-refractivity contribution in [3.63, 3.8) is 0 Å². The Balaban J connectivity index is 1.38. The van der Waals surface area contributed by atoms with Gasteiger partial charge in [-0.1, -0.05) is 0 Å². The highest BCUT2D eigenvalue weighted by atomic mass is 16.5. The number of aryl methyl sites for hydroxylation is 1. The molecule has 230 valence electrons. The Bertz CT molecular complexity index is 1470. The summed E-state index contributed by atoms with van der Waals surface area (Å²) in [4.78, 5) is 103. The maximum atomic E-state index is 14.5. The molecule has 0 aromatic carbocycles. The van der Waals surface area contributed by atoms with E-state index in [-0.39, 0.29) is 45.4 Å². The van der Waals surface area contributed by atoms with E-state index >= 15 is 0 Å². The predicted molar refractivity (Wildman–Crippen MR) is 141 cm³/mol. The smallest absolute Gasteiger partial charge is 0.326 e. The Labute approximate surface area is 245 Å². The first-order chi connectivity index (χ1) is 20.2. The molecule has 1 unspecified atom stereocenters. The number of carboxylic acid groups (broad SMARTS) is 1. The average Bonchev–Trinajstić information content (AvgIpc) is 3.73. The fourth-order valence-corrected chi connectivity index (χ4v) is 7.65. The maximum absolute atomic E-state index is 14.5. The number of piperazine rings is 2. The minimum Gasteiger partial charge on any atom is -0.480 e. The van der Waals surface area contributed by atoms with Crippen LogP contribution in [0.25, 0.3) is 0 Å².